The molecule has 5 nitrogen and oxygen atoms in total. The number of piperazine rings is 1. The van der Waals surface area contributed by atoms with Gasteiger partial charge < -0.3 is 14.7 Å². The number of aryl methyl sites for hydroxylation is 1. The van der Waals surface area contributed by atoms with Crippen LogP contribution >= 0.6 is 11.3 Å². The Hall–Kier alpha value is -1.40. The van der Waals surface area contributed by atoms with Gasteiger partial charge in [0.1, 0.15) is 6.04 Å². The van der Waals surface area contributed by atoms with Crippen LogP contribution in [0.2, 0.25) is 0 Å². The molecule has 0 unspecified atom stereocenters. The first-order chi connectivity index (χ1) is 11.8. The van der Waals surface area contributed by atoms with E-state index in [-0.39, 0.29) is 23.9 Å². The number of thiophene rings is 1. The summed E-state index contributed by atoms with van der Waals surface area (Å²) in [4.78, 5) is 34.2. The molecule has 3 atom stereocenters. The lowest BCUT2D eigenvalue weighted by molar-refractivity contribution is -0.142. The van der Waals surface area contributed by atoms with Crippen LogP contribution in [-0.2, 0) is 4.79 Å². The number of carbonyl (C=O) groups excluding carboxylic acids is 2. The maximum atomic E-state index is 13.2. The van der Waals surface area contributed by atoms with E-state index in [1.807, 2.05) is 28.9 Å². The van der Waals surface area contributed by atoms with Crippen molar-refractivity contribution < 1.29 is 9.59 Å². The number of hydrogen-bond acceptors (Lipinski definition) is 4. The van der Waals surface area contributed by atoms with Crippen LogP contribution in [0.15, 0.2) is 12.1 Å². The molecule has 0 radical (unpaired) electrons. The van der Waals surface area contributed by atoms with Gasteiger partial charge in [-0.15, -0.1) is 11.3 Å². The van der Waals surface area contributed by atoms with Gasteiger partial charge in [0, 0.05) is 24.0 Å². The van der Waals surface area contributed by atoms with Crippen LogP contribution in [0.3, 0.4) is 0 Å². The Kier molecular flexibility index (Phi) is 5.21. The molecular weight excluding hydrogens is 334 g/mol. The first-order valence-corrected chi connectivity index (χ1v) is 9.94. The molecule has 0 N–H and O–H groups in total. The topological polar surface area (TPSA) is 43.9 Å². The van der Waals surface area contributed by atoms with Crippen LogP contribution in [0.1, 0.15) is 41.2 Å². The Bertz CT molecular complexity index is 655. The van der Waals surface area contributed by atoms with Gasteiger partial charge in [0.25, 0.3) is 5.91 Å². The second kappa shape index (κ2) is 7.08. The summed E-state index contributed by atoms with van der Waals surface area (Å²) in [5.41, 5.74) is 0. The predicted octanol–water partition coefficient (Wildman–Crippen LogP) is 2.46. The molecule has 1 aromatic heterocycles. The van der Waals surface area contributed by atoms with Gasteiger partial charge in [-0.2, -0.15) is 0 Å². The second-order valence-corrected chi connectivity index (χ2v) is 9.30. The van der Waals surface area contributed by atoms with Crippen molar-refractivity contribution in [3.05, 3.63) is 21.9 Å². The summed E-state index contributed by atoms with van der Waals surface area (Å²) >= 11 is 1.52. The Morgan fingerprint density at radius 1 is 1.32 bits per heavy atom. The molecular formula is C19H29N3O2S. The largest absolute Gasteiger partial charge is 0.335 e. The minimum absolute atomic E-state index is 0.0186. The maximum absolute atomic E-state index is 13.2. The predicted molar refractivity (Wildman–Crippen MR) is 101 cm³/mol. The van der Waals surface area contributed by atoms with E-state index in [0.717, 1.165) is 29.1 Å². The van der Waals surface area contributed by atoms with Crippen molar-refractivity contribution in [2.45, 2.75) is 51.7 Å². The standard InChI is InChI=1S/C19H29N3O2S/c1-12(2)8-16-18(23)21-10-14(20(4)5)9-15(21)11-22(16)19(24)17-7-6-13(3)25-17/h6-7,12,14-16H,8-11H2,1-5H3/t14-,15-,16-/m0/s1. The molecule has 2 fully saturated rings. The number of carbonyl (C=O) groups is 2. The molecule has 0 aromatic carbocycles. The van der Waals surface area contributed by atoms with Gasteiger partial charge in [-0.25, -0.2) is 0 Å². The van der Waals surface area contributed by atoms with Crippen molar-refractivity contribution in [1.82, 2.24) is 14.7 Å². The van der Waals surface area contributed by atoms with Crippen LogP contribution in [0.25, 0.3) is 0 Å². The third kappa shape index (κ3) is 3.60. The molecule has 6 heteroatoms. The van der Waals surface area contributed by atoms with E-state index in [0.29, 0.717) is 18.5 Å². The average Bonchev–Trinajstić information content (AvgIpc) is 3.15. The number of nitrogens with zero attached hydrogens (tertiary/aromatic N) is 3. The molecule has 0 bridgehead atoms. The summed E-state index contributed by atoms with van der Waals surface area (Å²) in [7, 11) is 4.13. The zero-order valence-electron chi connectivity index (χ0n) is 15.9. The highest BCUT2D eigenvalue weighted by molar-refractivity contribution is 7.13. The van der Waals surface area contributed by atoms with Gasteiger partial charge in [0.05, 0.1) is 10.9 Å². The molecule has 3 heterocycles. The molecule has 0 aliphatic carbocycles. The highest BCUT2D eigenvalue weighted by Crippen LogP contribution is 2.32. The van der Waals surface area contributed by atoms with E-state index in [9.17, 15) is 9.59 Å². The van der Waals surface area contributed by atoms with Gasteiger partial charge in [0.2, 0.25) is 5.91 Å². The summed E-state index contributed by atoms with van der Waals surface area (Å²) < 4.78 is 0. The molecule has 2 aliphatic heterocycles. The summed E-state index contributed by atoms with van der Waals surface area (Å²) in [5.74, 6) is 0.527. The zero-order chi connectivity index (χ0) is 18.3. The Morgan fingerprint density at radius 2 is 2.04 bits per heavy atom. The average molecular weight is 364 g/mol. The molecule has 138 valence electrons. The zero-order valence-corrected chi connectivity index (χ0v) is 16.7. The monoisotopic (exact) mass is 363 g/mol. The van der Waals surface area contributed by atoms with Crippen molar-refractivity contribution in [3.8, 4) is 0 Å². The molecule has 2 aliphatic rings. The summed E-state index contributed by atoms with van der Waals surface area (Å²) in [5, 5.41) is 0. The quantitative estimate of drug-likeness (QED) is 0.825. The number of rotatable bonds is 4. The van der Waals surface area contributed by atoms with E-state index in [1.54, 1.807) is 0 Å². The molecule has 1 aromatic rings. The molecule has 0 saturated carbocycles. The van der Waals surface area contributed by atoms with Crippen LogP contribution < -0.4 is 0 Å². The lowest BCUT2D eigenvalue weighted by Gasteiger charge is -2.43. The van der Waals surface area contributed by atoms with E-state index >= 15 is 0 Å². The molecule has 25 heavy (non-hydrogen) atoms. The fourth-order valence-corrected chi connectivity index (χ4v) is 4.80. The van der Waals surface area contributed by atoms with Gasteiger partial charge >= 0.3 is 0 Å². The van der Waals surface area contributed by atoms with Crippen LogP contribution in [0.4, 0.5) is 0 Å². The van der Waals surface area contributed by atoms with Gasteiger partial charge in [0.15, 0.2) is 0 Å². The van der Waals surface area contributed by atoms with Gasteiger partial charge in [-0.3, -0.25) is 9.59 Å². The van der Waals surface area contributed by atoms with Crippen molar-refractivity contribution in [1.29, 1.82) is 0 Å². The minimum atomic E-state index is -0.327. The van der Waals surface area contributed by atoms with E-state index in [1.165, 1.54) is 11.3 Å². The lowest BCUT2D eigenvalue weighted by Crippen LogP contribution is -2.61. The maximum Gasteiger partial charge on any atom is 0.264 e. The molecule has 2 saturated heterocycles. The Morgan fingerprint density at radius 3 is 2.60 bits per heavy atom. The van der Waals surface area contributed by atoms with E-state index in [2.05, 4.69) is 32.8 Å². The smallest absolute Gasteiger partial charge is 0.264 e. The summed E-state index contributed by atoms with van der Waals surface area (Å²) in [6.45, 7) is 7.68. The SMILES string of the molecule is Cc1ccc(C(=O)N2C[C@@H]3C[C@H](N(C)C)CN3C(=O)[C@@H]2CC(C)C)s1. The molecule has 0 spiro atoms. The van der Waals surface area contributed by atoms with E-state index in [4.69, 9.17) is 0 Å². The van der Waals surface area contributed by atoms with Crippen molar-refractivity contribution in [3.63, 3.8) is 0 Å². The summed E-state index contributed by atoms with van der Waals surface area (Å²) in [6.07, 6.45) is 1.67. The third-order valence-corrected chi connectivity index (χ3v) is 6.37. The Labute approximate surface area is 154 Å². The lowest BCUT2D eigenvalue weighted by atomic mass is 9.97. The fourth-order valence-electron chi connectivity index (χ4n) is 3.98. The first-order valence-electron chi connectivity index (χ1n) is 9.12. The number of fused-ring (bicyclic) bond motifs is 1. The number of hydrogen-bond donors (Lipinski definition) is 0. The van der Waals surface area contributed by atoms with Gasteiger partial charge in [-0.05, 0) is 51.9 Å². The van der Waals surface area contributed by atoms with Crippen molar-refractivity contribution in [2.24, 2.45) is 5.92 Å². The third-order valence-electron chi connectivity index (χ3n) is 5.38. The Balaban J connectivity index is 1.87. The van der Waals surface area contributed by atoms with Gasteiger partial charge in [-0.1, -0.05) is 13.8 Å². The highest BCUT2D eigenvalue weighted by atomic mass is 32.1. The second-order valence-electron chi connectivity index (χ2n) is 8.01. The number of likely N-dealkylation sites (N-methyl/N-ethyl adjacent to an activating group) is 1. The van der Waals surface area contributed by atoms with Crippen molar-refractivity contribution in [2.75, 3.05) is 27.2 Å². The fraction of sp³-hybridized carbons (Fsp3) is 0.684. The highest BCUT2D eigenvalue weighted by Gasteiger charge is 2.47. The van der Waals surface area contributed by atoms with E-state index < -0.39 is 0 Å². The molecule has 3 rings (SSSR count). The van der Waals surface area contributed by atoms with Crippen LogP contribution in [0.5, 0.6) is 0 Å². The van der Waals surface area contributed by atoms with Crippen LogP contribution in [0, 0.1) is 12.8 Å². The van der Waals surface area contributed by atoms with Crippen molar-refractivity contribution >= 4 is 23.2 Å². The van der Waals surface area contributed by atoms with Crippen LogP contribution in [-0.4, -0.2) is 71.8 Å². The first kappa shape index (κ1) is 18.4. The normalized spacial score (nSPS) is 26.7. The minimum Gasteiger partial charge on any atom is -0.335 e. The summed E-state index contributed by atoms with van der Waals surface area (Å²) in [6, 6.07) is 4.07. The number of amides is 2. The molecule has 2 amide bonds.